The smallest absolute Gasteiger partial charge is 0.255 e. The van der Waals surface area contributed by atoms with Gasteiger partial charge < -0.3 is 9.47 Å². The first kappa shape index (κ1) is 12.8. The number of ether oxygens (including phenoxy) is 2. The molecule has 0 fully saturated rings. The third-order valence-corrected chi connectivity index (χ3v) is 3.13. The molecular weight excluding hydrogens is 301 g/mol. The van der Waals surface area contributed by atoms with Gasteiger partial charge in [0.1, 0.15) is 12.4 Å². The van der Waals surface area contributed by atoms with Gasteiger partial charge in [0, 0.05) is 16.2 Å². The molecule has 3 nitrogen and oxygen atoms in total. The number of benzene rings is 1. The minimum atomic E-state index is -0.614. The predicted molar refractivity (Wildman–Crippen MR) is 69.2 cm³/mol. The van der Waals surface area contributed by atoms with Crippen molar-refractivity contribution in [1.82, 2.24) is 4.98 Å². The van der Waals surface area contributed by atoms with E-state index in [-0.39, 0.29) is 12.4 Å². The van der Waals surface area contributed by atoms with E-state index in [1.807, 2.05) is 18.2 Å². The molecule has 0 radical (unpaired) electrons. The first-order valence-electron chi connectivity index (χ1n) is 5.26. The summed E-state index contributed by atoms with van der Waals surface area (Å²) in [6, 6.07) is 8.68. The van der Waals surface area contributed by atoms with Gasteiger partial charge in [0.25, 0.3) is 5.95 Å². The molecule has 2 rings (SSSR count). The molecule has 18 heavy (non-hydrogen) atoms. The molecule has 0 aliphatic carbocycles. The van der Waals surface area contributed by atoms with Crippen LogP contribution in [0, 0.1) is 5.95 Å². The summed E-state index contributed by atoms with van der Waals surface area (Å²) in [5.74, 6) is 0.243. The molecule has 94 valence electrons. The van der Waals surface area contributed by atoms with Crippen LogP contribution in [0.2, 0.25) is 0 Å². The number of aromatic nitrogens is 1. The molecule has 0 aliphatic rings. The molecule has 0 bridgehead atoms. The van der Waals surface area contributed by atoms with Crippen LogP contribution < -0.4 is 9.47 Å². The molecule has 1 aromatic carbocycles. The van der Waals surface area contributed by atoms with Crippen LogP contribution in [0.25, 0.3) is 0 Å². The van der Waals surface area contributed by atoms with Gasteiger partial charge in [-0.25, -0.2) is 4.98 Å². The lowest BCUT2D eigenvalue weighted by Gasteiger charge is -2.09. The summed E-state index contributed by atoms with van der Waals surface area (Å²) in [4.78, 5) is 3.52. The van der Waals surface area contributed by atoms with Crippen LogP contribution in [0.4, 0.5) is 4.39 Å². The van der Waals surface area contributed by atoms with Crippen molar-refractivity contribution in [2.75, 3.05) is 7.11 Å². The van der Waals surface area contributed by atoms with Crippen LogP contribution in [0.15, 0.2) is 41.0 Å². The van der Waals surface area contributed by atoms with Crippen molar-refractivity contribution in [3.63, 3.8) is 0 Å². The van der Waals surface area contributed by atoms with Crippen molar-refractivity contribution in [1.29, 1.82) is 0 Å². The van der Waals surface area contributed by atoms with E-state index >= 15 is 0 Å². The Morgan fingerprint density at radius 2 is 2.17 bits per heavy atom. The number of methoxy groups -OCH3 is 1. The molecule has 0 atom stereocenters. The number of hydrogen-bond acceptors (Lipinski definition) is 3. The SMILES string of the molecule is COc1ccc(Br)c(COc2cccnc2F)c1. The fraction of sp³-hybridized carbons (Fsp3) is 0.154. The van der Waals surface area contributed by atoms with Gasteiger partial charge in [-0.2, -0.15) is 4.39 Å². The topological polar surface area (TPSA) is 31.4 Å². The largest absolute Gasteiger partial charge is 0.497 e. The second kappa shape index (κ2) is 5.82. The lowest BCUT2D eigenvalue weighted by molar-refractivity contribution is 0.284. The highest BCUT2D eigenvalue weighted by Crippen LogP contribution is 2.24. The molecule has 0 N–H and O–H groups in total. The lowest BCUT2D eigenvalue weighted by Crippen LogP contribution is -1.99. The molecule has 0 aliphatic heterocycles. The summed E-state index contributed by atoms with van der Waals surface area (Å²) >= 11 is 3.41. The van der Waals surface area contributed by atoms with Crippen LogP contribution in [0.1, 0.15) is 5.56 Å². The maximum Gasteiger partial charge on any atom is 0.255 e. The third kappa shape index (κ3) is 2.98. The van der Waals surface area contributed by atoms with Crippen molar-refractivity contribution < 1.29 is 13.9 Å². The van der Waals surface area contributed by atoms with Crippen molar-refractivity contribution in [3.05, 3.63) is 52.5 Å². The second-order valence-electron chi connectivity index (χ2n) is 3.54. The predicted octanol–water partition coefficient (Wildman–Crippen LogP) is 3.57. The van der Waals surface area contributed by atoms with E-state index in [2.05, 4.69) is 20.9 Å². The van der Waals surface area contributed by atoms with Crippen LogP contribution in [-0.4, -0.2) is 12.1 Å². The van der Waals surface area contributed by atoms with Gasteiger partial charge in [0.15, 0.2) is 5.75 Å². The quantitative estimate of drug-likeness (QED) is 0.809. The Morgan fingerprint density at radius 3 is 2.89 bits per heavy atom. The summed E-state index contributed by atoms with van der Waals surface area (Å²) in [6.07, 6.45) is 1.38. The number of halogens is 2. The molecule has 0 unspecified atom stereocenters. The van der Waals surface area contributed by atoms with E-state index in [1.165, 1.54) is 12.3 Å². The maximum atomic E-state index is 13.3. The minimum absolute atomic E-state index is 0.132. The highest BCUT2D eigenvalue weighted by atomic mass is 79.9. The Labute approximate surface area is 113 Å². The zero-order valence-corrected chi connectivity index (χ0v) is 11.3. The fourth-order valence-electron chi connectivity index (χ4n) is 1.42. The third-order valence-electron chi connectivity index (χ3n) is 2.36. The van der Waals surface area contributed by atoms with E-state index in [9.17, 15) is 4.39 Å². The lowest BCUT2D eigenvalue weighted by atomic mass is 10.2. The Kier molecular flexibility index (Phi) is 4.15. The van der Waals surface area contributed by atoms with Gasteiger partial charge in [-0.1, -0.05) is 15.9 Å². The zero-order chi connectivity index (χ0) is 13.0. The number of nitrogens with zero attached hydrogens (tertiary/aromatic N) is 1. The molecule has 0 saturated carbocycles. The van der Waals surface area contributed by atoms with Crippen molar-refractivity contribution in [3.8, 4) is 11.5 Å². The molecule has 5 heteroatoms. The fourth-order valence-corrected chi connectivity index (χ4v) is 1.78. The van der Waals surface area contributed by atoms with Crippen LogP contribution in [-0.2, 0) is 6.61 Å². The van der Waals surface area contributed by atoms with Crippen LogP contribution >= 0.6 is 15.9 Å². The van der Waals surface area contributed by atoms with E-state index in [1.54, 1.807) is 13.2 Å². The number of pyridine rings is 1. The molecule has 0 amide bonds. The highest BCUT2D eigenvalue weighted by Gasteiger charge is 2.06. The Hall–Kier alpha value is -1.62. The molecule has 1 aromatic heterocycles. The molecule has 1 heterocycles. The minimum Gasteiger partial charge on any atom is -0.497 e. The highest BCUT2D eigenvalue weighted by molar-refractivity contribution is 9.10. The van der Waals surface area contributed by atoms with Crippen molar-refractivity contribution >= 4 is 15.9 Å². The molecule has 0 saturated heterocycles. The first-order chi connectivity index (χ1) is 8.70. The second-order valence-corrected chi connectivity index (χ2v) is 4.39. The van der Waals surface area contributed by atoms with Crippen molar-refractivity contribution in [2.45, 2.75) is 6.61 Å². The summed E-state index contributed by atoms with van der Waals surface area (Å²) in [5.41, 5.74) is 0.873. The summed E-state index contributed by atoms with van der Waals surface area (Å²) < 4.78 is 24.7. The van der Waals surface area contributed by atoms with E-state index in [4.69, 9.17) is 9.47 Å². The van der Waals surface area contributed by atoms with Gasteiger partial charge in [0.2, 0.25) is 0 Å². The van der Waals surface area contributed by atoms with Gasteiger partial charge in [-0.3, -0.25) is 0 Å². The first-order valence-corrected chi connectivity index (χ1v) is 6.05. The maximum absolute atomic E-state index is 13.3. The molecule has 0 spiro atoms. The van der Waals surface area contributed by atoms with Crippen molar-refractivity contribution in [2.24, 2.45) is 0 Å². The molecular formula is C13H11BrFNO2. The summed E-state index contributed by atoms with van der Waals surface area (Å²) in [5, 5.41) is 0. The van der Waals surface area contributed by atoms with Gasteiger partial charge in [-0.15, -0.1) is 0 Å². The van der Waals surface area contributed by atoms with Gasteiger partial charge in [0.05, 0.1) is 7.11 Å². The average molecular weight is 312 g/mol. The Balaban J connectivity index is 2.13. The van der Waals surface area contributed by atoms with E-state index in [0.29, 0.717) is 0 Å². The van der Waals surface area contributed by atoms with Crippen LogP contribution in [0.5, 0.6) is 11.5 Å². The van der Waals surface area contributed by atoms with E-state index in [0.717, 1.165) is 15.8 Å². The average Bonchev–Trinajstić information content (AvgIpc) is 2.39. The monoisotopic (exact) mass is 311 g/mol. The number of rotatable bonds is 4. The van der Waals surface area contributed by atoms with Crippen LogP contribution in [0.3, 0.4) is 0 Å². The van der Waals surface area contributed by atoms with Gasteiger partial charge >= 0.3 is 0 Å². The standard InChI is InChI=1S/C13H11BrFNO2/c1-17-10-4-5-11(14)9(7-10)8-18-12-3-2-6-16-13(12)15/h2-7H,8H2,1H3. The Morgan fingerprint density at radius 1 is 1.33 bits per heavy atom. The van der Waals surface area contributed by atoms with Gasteiger partial charge in [-0.05, 0) is 30.3 Å². The number of hydrogen-bond donors (Lipinski definition) is 0. The zero-order valence-electron chi connectivity index (χ0n) is 9.69. The normalized spacial score (nSPS) is 10.2. The van der Waals surface area contributed by atoms with E-state index < -0.39 is 5.95 Å². The molecule has 2 aromatic rings. The Bertz CT molecular complexity index is 548. The summed E-state index contributed by atoms with van der Waals surface area (Å²) in [7, 11) is 1.59. The summed E-state index contributed by atoms with van der Waals surface area (Å²) in [6.45, 7) is 0.237.